The summed E-state index contributed by atoms with van der Waals surface area (Å²) in [5, 5.41) is 10.8. The van der Waals surface area contributed by atoms with Crippen molar-refractivity contribution >= 4 is 0 Å². The van der Waals surface area contributed by atoms with E-state index >= 15 is 0 Å². The van der Waals surface area contributed by atoms with Crippen molar-refractivity contribution in [3.63, 3.8) is 0 Å². The second-order valence-electron chi connectivity index (χ2n) is 5.08. The Morgan fingerprint density at radius 2 is 1.79 bits per heavy atom. The van der Waals surface area contributed by atoms with Crippen molar-refractivity contribution in [3.8, 4) is 0 Å². The lowest BCUT2D eigenvalue weighted by Crippen LogP contribution is -2.54. The van der Waals surface area contributed by atoms with E-state index < -0.39 is 35.3 Å². The van der Waals surface area contributed by atoms with Gasteiger partial charge in [-0.1, -0.05) is 6.92 Å². The Hall–Kier alpha value is -0.120. The molecule has 3 nitrogen and oxygen atoms in total. The summed E-state index contributed by atoms with van der Waals surface area (Å²) in [5.74, 6) is -1.52. The van der Waals surface area contributed by atoms with Gasteiger partial charge in [0.25, 0.3) is 0 Å². The Labute approximate surface area is 91.0 Å². The first-order valence-corrected chi connectivity index (χ1v) is 4.79. The molecule has 0 unspecified atom stereocenters. The third-order valence-electron chi connectivity index (χ3n) is 4.05. The SMILES string of the molecule is [2H]C1([2H])O[C@]2(C)OC(C)(C)[C@](C)(O)[C@]2(C)C1([2H])[2H]. The minimum Gasteiger partial charge on any atom is -0.386 e. The Kier molecular flexibility index (Phi) is 1.08. The van der Waals surface area contributed by atoms with Crippen LogP contribution >= 0.6 is 0 Å². The molecule has 0 bridgehead atoms. The minimum absolute atomic E-state index is 1.04. The molecule has 0 amide bonds. The van der Waals surface area contributed by atoms with Gasteiger partial charge in [0.2, 0.25) is 0 Å². The molecule has 2 aliphatic heterocycles. The number of hydrogen-bond donors (Lipinski definition) is 1. The fourth-order valence-corrected chi connectivity index (χ4v) is 2.32. The van der Waals surface area contributed by atoms with Gasteiger partial charge >= 0.3 is 0 Å². The van der Waals surface area contributed by atoms with Gasteiger partial charge in [-0.15, -0.1) is 0 Å². The molecule has 3 heteroatoms. The topological polar surface area (TPSA) is 38.7 Å². The van der Waals surface area contributed by atoms with E-state index in [2.05, 4.69) is 0 Å². The average molecular weight is 204 g/mol. The van der Waals surface area contributed by atoms with Crippen LogP contribution in [0.15, 0.2) is 0 Å². The van der Waals surface area contributed by atoms with E-state index in [-0.39, 0.29) is 0 Å². The lowest BCUT2D eigenvalue weighted by molar-refractivity contribution is -0.235. The van der Waals surface area contributed by atoms with Gasteiger partial charge in [-0.05, 0) is 34.1 Å². The zero-order chi connectivity index (χ0) is 14.4. The van der Waals surface area contributed by atoms with Crippen LogP contribution in [0.5, 0.6) is 0 Å². The Balaban J connectivity index is 2.72. The van der Waals surface area contributed by atoms with Crippen LogP contribution in [0, 0.1) is 5.41 Å². The smallest absolute Gasteiger partial charge is 0.174 e. The second kappa shape index (κ2) is 2.34. The highest BCUT2D eigenvalue weighted by Crippen LogP contribution is 2.62. The molecule has 0 aliphatic carbocycles. The standard InChI is InChI=1S/C11H20O3/c1-8(2)10(4,12)9(3)6-7-13-11(9,5)14-8/h12H,6-7H2,1-5H3/t9-,10-,11+/m0/s1/i6D2,7D2. The van der Waals surface area contributed by atoms with Crippen molar-refractivity contribution in [2.45, 2.75) is 58.0 Å². The van der Waals surface area contributed by atoms with Gasteiger partial charge in [0, 0.05) is 2.74 Å². The van der Waals surface area contributed by atoms with E-state index in [1.807, 2.05) is 0 Å². The molecule has 1 N–H and O–H groups in total. The quantitative estimate of drug-likeness (QED) is 0.652. The molecular formula is C11H20O3. The highest BCUT2D eigenvalue weighted by molar-refractivity contribution is 5.16. The molecule has 2 rings (SSSR count). The maximum absolute atomic E-state index is 10.8. The average Bonchev–Trinajstić information content (AvgIpc) is 2.27. The van der Waals surface area contributed by atoms with Gasteiger partial charge in [0.05, 0.1) is 20.3 Å². The van der Waals surface area contributed by atoms with Crippen LogP contribution in [0.4, 0.5) is 0 Å². The van der Waals surface area contributed by atoms with Gasteiger partial charge in [-0.25, -0.2) is 0 Å². The van der Waals surface area contributed by atoms with Gasteiger partial charge in [-0.3, -0.25) is 0 Å². The van der Waals surface area contributed by atoms with Crippen LogP contribution in [-0.2, 0) is 9.47 Å². The van der Waals surface area contributed by atoms with Crippen LogP contribution in [0.25, 0.3) is 0 Å². The van der Waals surface area contributed by atoms with Gasteiger partial charge in [0.15, 0.2) is 5.79 Å². The molecule has 14 heavy (non-hydrogen) atoms. The molecule has 2 heterocycles. The number of rotatable bonds is 0. The summed E-state index contributed by atoms with van der Waals surface area (Å²) in [6.45, 7) is 5.22. The molecule has 2 saturated heterocycles. The molecule has 0 aromatic rings. The Morgan fingerprint density at radius 1 is 1.21 bits per heavy atom. The number of ether oxygens (including phenoxy) is 2. The Morgan fingerprint density at radius 3 is 2.29 bits per heavy atom. The predicted molar refractivity (Wildman–Crippen MR) is 52.9 cm³/mol. The maximum Gasteiger partial charge on any atom is 0.174 e. The fraction of sp³-hybridized carbons (Fsp3) is 1.00. The van der Waals surface area contributed by atoms with Crippen molar-refractivity contribution in [2.24, 2.45) is 5.41 Å². The van der Waals surface area contributed by atoms with Crippen molar-refractivity contribution in [2.75, 3.05) is 6.56 Å². The summed E-state index contributed by atoms with van der Waals surface area (Å²) in [4.78, 5) is 0. The fourth-order valence-electron chi connectivity index (χ4n) is 2.32. The van der Waals surface area contributed by atoms with Crippen LogP contribution < -0.4 is 0 Å². The zero-order valence-electron chi connectivity index (χ0n) is 13.3. The van der Waals surface area contributed by atoms with Gasteiger partial charge in [0.1, 0.15) is 5.60 Å². The maximum atomic E-state index is 10.8. The molecule has 0 saturated carbocycles. The lowest BCUT2D eigenvalue weighted by atomic mass is 9.65. The van der Waals surface area contributed by atoms with Crippen molar-refractivity contribution in [1.82, 2.24) is 0 Å². The normalized spacial score (nSPS) is 67.6. The van der Waals surface area contributed by atoms with E-state index in [1.54, 1.807) is 13.8 Å². The minimum atomic E-state index is -2.52. The molecule has 0 radical (unpaired) electrons. The molecule has 0 spiro atoms. The first-order chi connectivity index (χ1) is 7.66. The van der Waals surface area contributed by atoms with E-state index in [0.29, 0.717) is 0 Å². The van der Waals surface area contributed by atoms with Gasteiger partial charge < -0.3 is 14.6 Å². The van der Waals surface area contributed by atoms with E-state index in [9.17, 15) is 5.11 Å². The second-order valence-corrected chi connectivity index (χ2v) is 5.08. The summed E-state index contributed by atoms with van der Waals surface area (Å²) >= 11 is 0. The van der Waals surface area contributed by atoms with Crippen LogP contribution in [0.1, 0.15) is 46.5 Å². The van der Waals surface area contributed by atoms with Crippen LogP contribution in [-0.4, -0.2) is 28.7 Å². The van der Waals surface area contributed by atoms with Crippen LogP contribution in [0.3, 0.4) is 0 Å². The molecular weight excluding hydrogens is 180 g/mol. The molecule has 0 aromatic heterocycles. The predicted octanol–water partition coefficient (Wildman–Crippen LogP) is 1.69. The van der Waals surface area contributed by atoms with E-state index in [0.717, 1.165) is 0 Å². The van der Waals surface area contributed by atoms with Gasteiger partial charge in [-0.2, -0.15) is 0 Å². The molecule has 3 atom stereocenters. The van der Waals surface area contributed by atoms with E-state index in [4.69, 9.17) is 15.0 Å². The summed E-state index contributed by atoms with van der Waals surface area (Å²) < 4.78 is 42.6. The highest BCUT2D eigenvalue weighted by atomic mass is 16.7. The first kappa shape index (κ1) is 6.46. The Bertz CT molecular complexity index is 373. The summed E-state index contributed by atoms with van der Waals surface area (Å²) in [6, 6.07) is 0. The van der Waals surface area contributed by atoms with Crippen LogP contribution in [0.2, 0.25) is 0 Å². The van der Waals surface area contributed by atoms with Crippen molar-refractivity contribution in [1.29, 1.82) is 0 Å². The number of aliphatic hydroxyl groups is 1. The van der Waals surface area contributed by atoms with Crippen molar-refractivity contribution < 1.29 is 20.1 Å². The lowest BCUT2D eigenvalue weighted by Gasteiger charge is -2.41. The molecule has 2 aliphatic rings. The molecule has 0 aromatic carbocycles. The molecule has 2 fully saturated rings. The number of hydrogen-bond acceptors (Lipinski definition) is 3. The monoisotopic (exact) mass is 204 g/mol. The molecule has 82 valence electrons. The third-order valence-corrected chi connectivity index (χ3v) is 4.05. The zero-order valence-corrected chi connectivity index (χ0v) is 9.26. The third kappa shape index (κ3) is 0.841. The number of fused-ring (bicyclic) bond motifs is 1. The summed E-state index contributed by atoms with van der Waals surface area (Å²) in [7, 11) is 0. The largest absolute Gasteiger partial charge is 0.386 e. The van der Waals surface area contributed by atoms with E-state index in [1.165, 1.54) is 20.8 Å². The highest BCUT2D eigenvalue weighted by Gasteiger charge is 2.72. The summed E-state index contributed by atoms with van der Waals surface area (Å²) in [5.41, 5.74) is -4.15. The van der Waals surface area contributed by atoms with Crippen molar-refractivity contribution in [3.05, 3.63) is 0 Å². The first-order valence-electron chi connectivity index (χ1n) is 6.79. The summed E-state index contributed by atoms with van der Waals surface area (Å²) in [6.07, 6.45) is -2.38.